The summed E-state index contributed by atoms with van der Waals surface area (Å²) in [5.41, 5.74) is 2.26. The molecular weight excluding hydrogens is 510 g/mol. The number of carbonyl (C=O) groups excluding carboxylic acids is 1. The average Bonchev–Trinajstić information content (AvgIpc) is 3.38. The predicted octanol–water partition coefficient (Wildman–Crippen LogP) is 5.54. The van der Waals surface area contributed by atoms with Crippen molar-refractivity contribution in [2.75, 3.05) is 11.1 Å². The zero-order chi connectivity index (χ0) is 25.8. The van der Waals surface area contributed by atoms with Crippen LogP contribution in [0.2, 0.25) is 0 Å². The van der Waals surface area contributed by atoms with Crippen LogP contribution < -0.4 is 10.9 Å². The summed E-state index contributed by atoms with van der Waals surface area (Å²) in [6, 6.07) is 22.6. The first-order valence-corrected chi connectivity index (χ1v) is 13.1. The lowest BCUT2D eigenvalue weighted by atomic mass is 10.1. The summed E-state index contributed by atoms with van der Waals surface area (Å²) in [6.07, 6.45) is 0.174. The third kappa shape index (κ3) is 5.42. The predicted molar refractivity (Wildman–Crippen MR) is 146 cm³/mol. The molecule has 0 radical (unpaired) electrons. The summed E-state index contributed by atoms with van der Waals surface area (Å²) in [4.78, 5) is 45.5. The smallest absolute Gasteiger partial charge is 0.270 e. The van der Waals surface area contributed by atoms with Crippen molar-refractivity contribution >= 4 is 50.7 Å². The lowest BCUT2D eigenvalue weighted by molar-refractivity contribution is -0.384. The molecule has 1 amide bonds. The number of hydrogen-bond acceptors (Lipinski definition) is 8. The van der Waals surface area contributed by atoms with Gasteiger partial charge in [0.2, 0.25) is 5.91 Å². The number of nitro groups is 1. The van der Waals surface area contributed by atoms with Crippen molar-refractivity contribution in [2.24, 2.45) is 0 Å². The third-order valence-electron chi connectivity index (χ3n) is 5.42. The number of para-hydroxylation sites is 2. The number of nitrogens with one attached hydrogen (secondary N) is 1. The maximum Gasteiger partial charge on any atom is 0.270 e. The molecule has 3 aromatic carbocycles. The number of aromatic nitrogens is 3. The molecule has 2 aromatic heterocycles. The zero-order valence-electron chi connectivity index (χ0n) is 19.2. The maximum absolute atomic E-state index is 13.3. The number of anilines is 1. The zero-order valence-corrected chi connectivity index (χ0v) is 20.9. The van der Waals surface area contributed by atoms with E-state index < -0.39 is 4.92 Å². The van der Waals surface area contributed by atoms with E-state index >= 15 is 0 Å². The van der Waals surface area contributed by atoms with Gasteiger partial charge in [0.15, 0.2) is 10.3 Å². The number of thiazole rings is 1. The largest absolute Gasteiger partial charge is 0.302 e. The Bertz CT molecular complexity index is 1670. The Morgan fingerprint density at radius 1 is 1.03 bits per heavy atom. The first kappa shape index (κ1) is 24.3. The Balaban J connectivity index is 1.28. The quantitative estimate of drug-likeness (QED) is 0.121. The van der Waals surface area contributed by atoms with E-state index in [2.05, 4.69) is 15.3 Å². The number of hydrogen-bond donors (Lipinski definition) is 1. The van der Waals surface area contributed by atoms with Gasteiger partial charge in [-0.25, -0.2) is 9.97 Å². The van der Waals surface area contributed by atoms with Crippen molar-refractivity contribution in [1.29, 1.82) is 0 Å². The molecule has 0 bridgehead atoms. The van der Waals surface area contributed by atoms with Crippen molar-refractivity contribution in [3.8, 4) is 16.9 Å². The van der Waals surface area contributed by atoms with Crippen LogP contribution in [0, 0.1) is 10.1 Å². The van der Waals surface area contributed by atoms with E-state index in [0.29, 0.717) is 43.9 Å². The van der Waals surface area contributed by atoms with Crippen LogP contribution in [-0.2, 0) is 4.79 Å². The molecule has 11 heteroatoms. The number of nitrogens with zero attached hydrogens (tertiary/aromatic N) is 4. The molecule has 0 atom stereocenters. The second kappa shape index (κ2) is 10.7. The van der Waals surface area contributed by atoms with Crippen LogP contribution in [0.4, 0.5) is 10.8 Å². The van der Waals surface area contributed by atoms with Gasteiger partial charge in [-0.3, -0.25) is 24.3 Å². The van der Waals surface area contributed by atoms with Crippen molar-refractivity contribution in [3.05, 3.63) is 105 Å². The molecule has 0 spiro atoms. The van der Waals surface area contributed by atoms with Crippen molar-refractivity contribution in [1.82, 2.24) is 14.5 Å². The van der Waals surface area contributed by atoms with Gasteiger partial charge in [-0.1, -0.05) is 54.2 Å². The highest BCUT2D eigenvalue weighted by Crippen LogP contribution is 2.28. The molecule has 0 unspecified atom stereocenters. The van der Waals surface area contributed by atoms with E-state index in [9.17, 15) is 19.7 Å². The van der Waals surface area contributed by atoms with Crippen LogP contribution in [0.3, 0.4) is 0 Å². The Morgan fingerprint density at radius 3 is 2.62 bits per heavy atom. The van der Waals surface area contributed by atoms with Crippen LogP contribution in [0.15, 0.2) is 94.2 Å². The number of benzene rings is 3. The molecule has 1 N–H and O–H groups in total. The van der Waals surface area contributed by atoms with Crippen LogP contribution in [0.25, 0.3) is 27.8 Å². The fraction of sp³-hybridized carbons (Fsp3) is 0.0769. The summed E-state index contributed by atoms with van der Waals surface area (Å²) in [7, 11) is 0. The first-order valence-electron chi connectivity index (χ1n) is 11.2. The number of amides is 1. The van der Waals surface area contributed by atoms with Crippen molar-refractivity contribution in [2.45, 2.75) is 11.6 Å². The molecule has 5 aromatic rings. The normalized spacial score (nSPS) is 10.9. The van der Waals surface area contributed by atoms with Crippen LogP contribution >= 0.6 is 23.1 Å². The Labute approximate surface area is 219 Å². The molecule has 2 heterocycles. The summed E-state index contributed by atoms with van der Waals surface area (Å²) in [5, 5.41) is 17.0. The molecule has 0 aliphatic rings. The minimum atomic E-state index is -0.460. The van der Waals surface area contributed by atoms with Crippen molar-refractivity contribution < 1.29 is 9.72 Å². The van der Waals surface area contributed by atoms with E-state index in [1.165, 1.54) is 35.2 Å². The molecular formula is C26H19N5O4S2. The fourth-order valence-electron chi connectivity index (χ4n) is 3.67. The van der Waals surface area contributed by atoms with Gasteiger partial charge in [-0.15, -0.1) is 11.3 Å². The van der Waals surface area contributed by atoms with Gasteiger partial charge in [0.25, 0.3) is 11.2 Å². The highest BCUT2D eigenvalue weighted by Gasteiger charge is 2.15. The maximum atomic E-state index is 13.3. The third-order valence-corrected chi connectivity index (χ3v) is 7.12. The van der Waals surface area contributed by atoms with Gasteiger partial charge in [0.05, 0.1) is 27.2 Å². The van der Waals surface area contributed by atoms with E-state index in [4.69, 9.17) is 0 Å². The van der Waals surface area contributed by atoms with Crippen molar-refractivity contribution in [3.63, 3.8) is 0 Å². The summed E-state index contributed by atoms with van der Waals surface area (Å²) in [6.45, 7) is 0. The monoisotopic (exact) mass is 529 g/mol. The van der Waals surface area contributed by atoms with Crippen LogP contribution in [0.1, 0.15) is 6.42 Å². The molecule has 184 valence electrons. The van der Waals surface area contributed by atoms with Gasteiger partial charge in [-0.05, 0) is 24.3 Å². The van der Waals surface area contributed by atoms with Gasteiger partial charge in [0, 0.05) is 35.2 Å². The topological polar surface area (TPSA) is 120 Å². The minimum Gasteiger partial charge on any atom is -0.302 e. The van der Waals surface area contributed by atoms with E-state index in [0.717, 1.165) is 0 Å². The fourth-order valence-corrected chi connectivity index (χ4v) is 5.36. The second-order valence-electron chi connectivity index (χ2n) is 7.88. The number of non-ortho nitro benzene ring substituents is 1. The molecule has 0 aliphatic heterocycles. The van der Waals surface area contributed by atoms with Gasteiger partial charge >= 0.3 is 0 Å². The average molecular weight is 530 g/mol. The number of thioether (sulfide) groups is 1. The number of fused-ring (bicyclic) bond motifs is 1. The molecule has 0 fully saturated rings. The lowest BCUT2D eigenvalue weighted by Gasteiger charge is -2.13. The Morgan fingerprint density at radius 2 is 1.81 bits per heavy atom. The number of carbonyl (C=O) groups is 1. The molecule has 0 aliphatic carbocycles. The summed E-state index contributed by atoms with van der Waals surface area (Å²) < 4.78 is 1.57. The molecule has 5 rings (SSSR count). The van der Waals surface area contributed by atoms with Gasteiger partial charge < -0.3 is 5.32 Å². The van der Waals surface area contributed by atoms with E-state index in [1.54, 1.807) is 40.3 Å². The van der Waals surface area contributed by atoms with Crippen LogP contribution in [-0.4, -0.2) is 31.1 Å². The second-order valence-corrected chi connectivity index (χ2v) is 9.80. The van der Waals surface area contributed by atoms with Gasteiger partial charge in [0.1, 0.15) is 0 Å². The Hall–Kier alpha value is -4.35. The highest BCUT2D eigenvalue weighted by atomic mass is 32.2. The molecule has 37 heavy (non-hydrogen) atoms. The van der Waals surface area contributed by atoms with Gasteiger partial charge in [-0.2, -0.15) is 0 Å². The Kier molecular flexibility index (Phi) is 7.06. The molecule has 0 saturated heterocycles. The summed E-state index contributed by atoms with van der Waals surface area (Å²) in [5.74, 6) is 0.161. The van der Waals surface area contributed by atoms with E-state index in [1.807, 2.05) is 36.4 Å². The minimum absolute atomic E-state index is 0.0237. The SMILES string of the molecule is O=C(CCSc1nc2ccccc2c(=O)n1-c1ccccc1)Nc1nc(-c2cccc([N+](=O)[O-])c2)cs1. The summed E-state index contributed by atoms with van der Waals surface area (Å²) >= 11 is 2.57. The molecule has 0 saturated carbocycles. The van der Waals surface area contributed by atoms with Crippen LogP contribution in [0.5, 0.6) is 0 Å². The lowest BCUT2D eigenvalue weighted by Crippen LogP contribution is -2.22. The number of nitro benzene ring substituents is 1. The molecule has 9 nitrogen and oxygen atoms in total. The number of rotatable bonds is 8. The first-order chi connectivity index (χ1) is 18.0. The standard InChI is InChI=1S/C26H19N5O4S2/c32-23(29-25-27-22(16-37-25)17-7-6-10-19(15-17)31(34)35)13-14-36-26-28-21-12-5-4-11-20(21)24(33)30(26)18-8-2-1-3-9-18/h1-12,15-16H,13-14H2,(H,27,29,32). The highest BCUT2D eigenvalue weighted by molar-refractivity contribution is 7.99. The van der Waals surface area contributed by atoms with E-state index in [-0.39, 0.29) is 23.6 Å².